The maximum Gasteiger partial charge on any atom is 0.413 e. The van der Waals surface area contributed by atoms with Crippen molar-refractivity contribution in [1.29, 1.82) is 0 Å². The molecule has 0 aliphatic carbocycles. The summed E-state index contributed by atoms with van der Waals surface area (Å²) < 4.78 is 6.10. The van der Waals surface area contributed by atoms with Gasteiger partial charge in [-0.2, -0.15) is 0 Å². The predicted molar refractivity (Wildman–Crippen MR) is 75.0 cm³/mol. The Bertz CT molecular complexity index is 663. The average Bonchev–Trinajstić information content (AvgIpc) is 2.75. The molecule has 2 aromatic rings. The maximum absolute atomic E-state index is 12.0. The summed E-state index contributed by atoms with van der Waals surface area (Å²) in [6.45, 7) is 3.86. The second kappa shape index (κ2) is 5.60. The Morgan fingerprint density at radius 3 is 2.80 bits per heavy atom. The monoisotopic (exact) mass is 276 g/mol. The van der Waals surface area contributed by atoms with E-state index in [1.54, 1.807) is 13.0 Å². The third kappa shape index (κ3) is 2.56. The van der Waals surface area contributed by atoms with Gasteiger partial charge in [-0.05, 0) is 31.5 Å². The lowest BCUT2D eigenvalue weighted by Gasteiger charge is -2.08. The Labute approximate surface area is 115 Å². The summed E-state index contributed by atoms with van der Waals surface area (Å²) in [5, 5.41) is 4.98. The van der Waals surface area contributed by atoms with E-state index in [9.17, 15) is 9.59 Å². The molecule has 0 saturated heterocycles. The van der Waals surface area contributed by atoms with Gasteiger partial charge in [0, 0.05) is 7.05 Å². The highest BCUT2D eigenvalue weighted by atomic mass is 16.5. The lowest BCUT2D eigenvalue weighted by Crippen LogP contribution is -2.27. The third-order valence-electron chi connectivity index (χ3n) is 2.72. The summed E-state index contributed by atoms with van der Waals surface area (Å²) in [5.41, 5.74) is 2.23. The number of benzene rings is 1. The molecule has 0 atom stereocenters. The molecule has 0 bridgehead atoms. The number of ether oxygens (including phenoxy) is 1. The standard InChI is InChI=1S/C13H16N4O3/c1-4-20-13(19)16-11-15-9-6-5-8(2)7-10(9)17(11)12(18)14-3/h5-7H,4H2,1-3H3,(H,14,18)(H,15,16,19). The number of nitrogens with zero attached hydrogens (tertiary/aromatic N) is 2. The van der Waals surface area contributed by atoms with Crippen molar-refractivity contribution in [1.82, 2.24) is 14.9 Å². The number of nitrogens with one attached hydrogen (secondary N) is 2. The number of aryl methyl sites for hydroxylation is 1. The predicted octanol–water partition coefficient (Wildman–Crippen LogP) is 2.10. The van der Waals surface area contributed by atoms with Crippen molar-refractivity contribution < 1.29 is 14.3 Å². The fourth-order valence-corrected chi connectivity index (χ4v) is 1.85. The van der Waals surface area contributed by atoms with Crippen molar-refractivity contribution >= 4 is 29.1 Å². The lowest BCUT2D eigenvalue weighted by molar-refractivity contribution is 0.167. The molecular weight excluding hydrogens is 260 g/mol. The van der Waals surface area contributed by atoms with E-state index in [4.69, 9.17) is 4.74 Å². The first-order chi connectivity index (χ1) is 9.56. The van der Waals surface area contributed by atoms with Gasteiger partial charge in [0.15, 0.2) is 0 Å². The van der Waals surface area contributed by atoms with E-state index < -0.39 is 6.09 Å². The van der Waals surface area contributed by atoms with E-state index >= 15 is 0 Å². The van der Waals surface area contributed by atoms with Gasteiger partial charge in [-0.3, -0.25) is 5.32 Å². The summed E-state index contributed by atoms with van der Waals surface area (Å²) in [6.07, 6.45) is -0.648. The molecule has 7 nitrogen and oxygen atoms in total. The van der Waals surface area contributed by atoms with Gasteiger partial charge in [-0.25, -0.2) is 19.1 Å². The van der Waals surface area contributed by atoms with Gasteiger partial charge < -0.3 is 10.1 Å². The van der Waals surface area contributed by atoms with Crippen LogP contribution in [-0.2, 0) is 4.74 Å². The van der Waals surface area contributed by atoms with Gasteiger partial charge in [0.25, 0.3) is 0 Å². The molecule has 0 saturated carbocycles. The van der Waals surface area contributed by atoms with Gasteiger partial charge in [0.05, 0.1) is 17.6 Å². The molecule has 20 heavy (non-hydrogen) atoms. The Kier molecular flexibility index (Phi) is 3.88. The van der Waals surface area contributed by atoms with Gasteiger partial charge in [0.2, 0.25) is 5.95 Å². The number of anilines is 1. The minimum absolute atomic E-state index is 0.128. The average molecular weight is 276 g/mol. The smallest absolute Gasteiger partial charge is 0.413 e. The van der Waals surface area contributed by atoms with E-state index in [1.165, 1.54) is 11.6 Å². The largest absolute Gasteiger partial charge is 0.450 e. The van der Waals surface area contributed by atoms with Gasteiger partial charge in [-0.1, -0.05) is 6.07 Å². The number of rotatable bonds is 2. The van der Waals surface area contributed by atoms with Crippen molar-refractivity contribution in [2.45, 2.75) is 13.8 Å². The SMILES string of the molecule is CCOC(=O)Nc1nc2ccc(C)cc2n1C(=O)NC. The van der Waals surface area contributed by atoms with Crippen LogP contribution in [0.2, 0.25) is 0 Å². The summed E-state index contributed by atoms with van der Waals surface area (Å²) in [6, 6.07) is 5.12. The van der Waals surface area contributed by atoms with E-state index in [1.807, 2.05) is 19.1 Å². The van der Waals surface area contributed by atoms with E-state index in [0.717, 1.165) is 5.56 Å². The molecule has 0 aliphatic heterocycles. The summed E-state index contributed by atoms with van der Waals surface area (Å²) in [7, 11) is 1.51. The molecule has 2 amide bonds. The number of aromatic nitrogens is 2. The molecule has 2 N–H and O–H groups in total. The van der Waals surface area contributed by atoms with Crippen LogP contribution in [0.5, 0.6) is 0 Å². The normalized spacial score (nSPS) is 10.3. The van der Waals surface area contributed by atoms with E-state index in [2.05, 4.69) is 15.6 Å². The second-order valence-corrected chi connectivity index (χ2v) is 4.16. The Morgan fingerprint density at radius 1 is 1.40 bits per heavy atom. The zero-order valence-corrected chi connectivity index (χ0v) is 11.6. The van der Waals surface area contributed by atoms with E-state index in [0.29, 0.717) is 11.0 Å². The molecule has 0 aliphatic rings. The lowest BCUT2D eigenvalue weighted by atomic mass is 10.2. The van der Waals surface area contributed by atoms with Crippen LogP contribution >= 0.6 is 0 Å². The van der Waals surface area contributed by atoms with Gasteiger partial charge >= 0.3 is 12.1 Å². The van der Waals surface area contributed by atoms with Crippen LogP contribution in [0.25, 0.3) is 11.0 Å². The molecule has 0 unspecified atom stereocenters. The quantitative estimate of drug-likeness (QED) is 0.879. The number of carbonyl (C=O) groups excluding carboxylic acids is 2. The molecule has 0 radical (unpaired) electrons. The molecule has 2 rings (SSSR count). The summed E-state index contributed by atoms with van der Waals surface area (Å²) in [4.78, 5) is 27.7. The third-order valence-corrected chi connectivity index (χ3v) is 2.72. The van der Waals surface area contributed by atoms with Gasteiger partial charge in [-0.15, -0.1) is 0 Å². The highest BCUT2D eigenvalue weighted by molar-refractivity contribution is 5.96. The number of fused-ring (bicyclic) bond motifs is 1. The first kappa shape index (κ1) is 13.9. The second-order valence-electron chi connectivity index (χ2n) is 4.16. The number of hydrogen-bond donors (Lipinski definition) is 2. The highest BCUT2D eigenvalue weighted by Crippen LogP contribution is 2.20. The number of amides is 2. The molecule has 0 spiro atoms. The Balaban J connectivity index is 2.52. The fourth-order valence-electron chi connectivity index (χ4n) is 1.85. The number of hydrogen-bond acceptors (Lipinski definition) is 4. The van der Waals surface area contributed by atoms with Crippen molar-refractivity contribution in [3.63, 3.8) is 0 Å². The molecule has 0 fully saturated rings. The van der Waals surface area contributed by atoms with Gasteiger partial charge in [0.1, 0.15) is 0 Å². The maximum atomic E-state index is 12.0. The van der Waals surface area contributed by atoms with Crippen molar-refractivity contribution in [2.75, 3.05) is 19.0 Å². The minimum atomic E-state index is -0.648. The van der Waals surface area contributed by atoms with Crippen LogP contribution in [0, 0.1) is 6.92 Å². The van der Waals surface area contributed by atoms with Crippen LogP contribution in [0.3, 0.4) is 0 Å². The summed E-state index contributed by atoms with van der Waals surface area (Å²) in [5.74, 6) is 0.128. The van der Waals surface area contributed by atoms with Crippen LogP contribution in [0.1, 0.15) is 12.5 Å². The molecule has 1 aromatic heterocycles. The van der Waals surface area contributed by atoms with Crippen molar-refractivity contribution in [3.05, 3.63) is 23.8 Å². The first-order valence-electron chi connectivity index (χ1n) is 6.21. The van der Waals surface area contributed by atoms with Crippen molar-refractivity contribution in [3.8, 4) is 0 Å². The molecule has 1 heterocycles. The highest BCUT2D eigenvalue weighted by Gasteiger charge is 2.18. The fraction of sp³-hybridized carbons (Fsp3) is 0.308. The molecule has 1 aromatic carbocycles. The van der Waals surface area contributed by atoms with Crippen LogP contribution in [0.15, 0.2) is 18.2 Å². The zero-order valence-electron chi connectivity index (χ0n) is 11.6. The topological polar surface area (TPSA) is 85.2 Å². The summed E-state index contributed by atoms with van der Waals surface area (Å²) >= 11 is 0. The number of imidazole rings is 1. The molecular formula is C13H16N4O3. The van der Waals surface area contributed by atoms with E-state index in [-0.39, 0.29) is 18.6 Å². The Hall–Kier alpha value is -2.57. The minimum Gasteiger partial charge on any atom is -0.450 e. The van der Waals surface area contributed by atoms with Crippen molar-refractivity contribution in [2.24, 2.45) is 0 Å². The van der Waals surface area contributed by atoms with Crippen LogP contribution < -0.4 is 10.6 Å². The van der Waals surface area contributed by atoms with Crippen LogP contribution in [0.4, 0.5) is 15.5 Å². The number of carbonyl (C=O) groups is 2. The molecule has 106 valence electrons. The molecule has 7 heteroatoms. The van der Waals surface area contributed by atoms with Crippen LogP contribution in [-0.4, -0.2) is 35.3 Å². The first-order valence-corrected chi connectivity index (χ1v) is 6.21. The Morgan fingerprint density at radius 2 is 2.15 bits per heavy atom. The zero-order chi connectivity index (χ0) is 14.7.